The van der Waals surface area contributed by atoms with Gasteiger partial charge in [-0.25, -0.2) is 4.39 Å². The first-order valence-corrected chi connectivity index (χ1v) is 16.8. The molecular weight excluding hydrogens is 620 g/mol. The number of para-hydroxylation sites is 1. The summed E-state index contributed by atoms with van der Waals surface area (Å²) in [5.74, 6) is -3.01. The molecule has 8 nitrogen and oxygen atoms in total. The Morgan fingerprint density at radius 2 is 1.76 bits per heavy atom. The number of aromatic hydroxyl groups is 1. The lowest BCUT2D eigenvalue weighted by Gasteiger charge is -2.43. The summed E-state index contributed by atoms with van der Waals surface area (Å²) in [6.45, 7) is 2.05. The number of nitrogens with zero attached hydrogens (tertiary/aromatic N) is 2. The zero-order valence-corrected chi connectivity index (χ0v) is 27.1. The number of phenolic OH excluding ortho intramolecular Hbond substituents is 1. The van der Waals surface area contributed by atoms with Crippen LogP contribution in [0.5, 0.6) is 5.75 Å². The van der Waals surface area contributed by atoms with Gasteiger partial charge < -0.3 is 20.1 Å². The zero-order chi connectivity index (χ0) is 34.1. The van der Waals surface area contributed by atoms with Crippen LogP contribution in [0.25, 0.3) is 11.6 Å². The molecule has 0 unspecified atom stereocenters. The van der Waals surface area contributed by atoms with Crippen molar-refractivity contribution < 1.29 is 28.8 Å². The second-order valence-corrected chi connectivity index (χ2v) is 12.9. The van der Waals surface area contributed by atoms with Gasteiger partial charge in [0, 0.05) is 17.6 Å². The lowest BCUT2D eigenvalue weighted by Crippen LogP contribution is -2.46. The number of amides is 2. The number of pyridine rings is 1. The summed E-state index contributed by atoms with van der Waals surface area (Å²) in [6, 6.07) is 26.9. The fraction of sp³-hybridized carbons (Fsp3) is 0.256. The molecule has 1 aliphatic carbocycles. The molecule has 2 fully saturated rings. The highest BCUT2D eigenvalue weighted by Crippen LogP contribution is 2.52. The van der Waals surface area contributed by atoms with E-state index < -0.39 is 36.6 Å². The van der Waals surface area contributed by atoms with Gasteiger partial charge in [0.15, 0.2) is 11.6 Å². The minimum Gasteiger partial charge on any atom is -0.505 e. The third kappa shape index (κ3) is 6.54. The van der Waals surface area contributed by atoms with Crippen molar-refractivity contribution in [2.45, 2.75) is 45.0 Å². The molecule has 7 rings (SSSR count). The van der Waals surface area contributed by atoms with Gasteiger partial charge in [0.25, 0.3) is 0 Å². The van der Waals surface area contributed by atoms with Gasteiger partial charge in [0.1, 0.15) is 0 Å². The standard InChI is InChI=1S/C39H37BFN3O5/c1-2-25-22-30-37(39(47)44(38(30)46)29-15-13-28(14-16-29)43-27-8-4-3-5-9-27)31-23-40(48)49-35(36(25)31)18-12-26(33-10-6-7-19-42-33)20-24-11-17-34(45)32(41)21-24/h3-11,13-17,19-21,30-31,35,37,43,45,48H,2,12,18,22-23H2,1H3/b26-20-/t30-,31+,35-,37-/m1/s1. The average Bonchev–Trinajstić information content (AvgIpc) is 3.37. The maximum absolute atomic E-state index is 14.2. The maximum atomic E-state index is 14.2. The first kappa shape index (κ1) is 32.5. The molecule has 0 spiro atoms. The monoisotopic (exact) mass is 657 g/mol. The molecule has 2 saturated heterocycles. The Balaban J connectivity index is 1.14. The summed E-state index contributed by atoms with van der Waals surface area (Å²) in [7, 11) is -1.09. The number of allylic oxidation sites excluding steroid dienone is 2. The summed E-state index contributed by atoms with van der Waals surface area (Å²) in [5, 5.41) is 24.0. The van der Waals surface area contributed by atoms with Crippen LogP contribution in [0.4, 0.5) is 21.5 Å². The molecule has 2 aliphatic heterocycles. The molecule has 2 amide bonds. The number of hydrogen-bond acceptors (Lipinski definition) is 7. The van der Waals surface area contributed by atoms with Crippen LogP contribution in [-0.2, 0) is 14.2 Å². The second kappa shape index (κ2) is 13.8. The number of carbonyl (C=O) groups excluding carboxylic acids is 2. The first-order chi connectivity index (χ1) is 23.8. The number of halogens is 1. The number of anilines is 3. The van der Waals surface area contributed by atoms with E-state index in [-0.39, 0.29) is 24.1 Å². The number of phenols is 1. The SMILES string of the molecule is CCC1=C2[C@@H](CC/C(=C/c3ccc(O)c(F)c3)c3ccccn3)OB(O)C[C@@H]2[C@@H]2C(=O)N(c3ccc(Nc4ccccc4)cc3)C(=O)[C@@H]2C1. The normalized spacial score (nSPS) is 22.3. The molecule has 49 heavy (non-hydrogen) atoms. The van der Waals surface area contributed by atoms with Crippen molar-refractivity contribution in [3.63, 3.8) is 0 Å². The van der Waals surface area contributed by atoms with Gasteiger partial charge in [-0.1, -0.05) is 42.8 Å². The topological polar surface area (TPSA) is 112 Å². The summed E-state index contributed by atoms with van der Waals surface area (Å²) in [4.78, 5) is 34.0. The van der Waals surface area contributed by atoms with E-state index in [0.717, 1.165) is 33.8 Å². The van der Waals surface area contributed by atoms with E-state index in [4.69, 9.17) is 4.65 Å². The molecular formula is C39H37BFN3O5. The van der Waals surface area contributed by atoms with Gasteiger partial charge in [0.05, 0.1) is 29.3 Å². The fourth-order valence-electron chi connectivity index (χ4n) is 7.67. The minimum atomic E-state index is -1.09. The largest absolute Gasteiger partial charge is 0.505 e. The van der Waals surface area contributed by atoms with Crippen molar-refractivity contribution in [1.29, 1.82) is 0 Å². The highest BCUT2D eigenvalue weighted by molar-refractivity contribution is 6.43. The van der Waals surface area contributed by atoms with Crippen molar-refractivity contribution in [2.24, 2.45) is 17.8 Å². The molecule has 0 bridgehead atoms. The Labute approximate surface area is 285 Å². The molecule has 3 aromatic carbocycles. The van der Waals surface area contributed by atoms with Crippen LogP contribution < -0.4 is 10.2 Å². The molecule has 1 aromatic heterocycles. The van der Waals surface area contributed by atoms with E-state index in [9.17, 15) is 24.1 Å². The molecule has 3 heterocycles. The number of nitrogens with one attached hydrogen (secondary N) is 1. The minimum absolute atomic E-state index is 0.206. The van der Waals surface area contributed by atoms with Gasteiger partial charge in [-0.2, -0.15) is 0 Å². The van der Waals surface area contributed by atoms with Crippen LogP contribution in [0, 0.1) is 23.6 Å². The summed E-state index contributed by atoms with van der Waals surface area (Å²) >= 11 is 0. The van der Waals surface area contributed by atoms with Crippen molar-refractivity contribution in [1.82, 2.24) is 4.98 Å². The van der Waals surface area contributed by atoms with Crippen molar-refractivity contribution in [3.05, 3.63) is 125 Å². The smallest absolute Gasteiger partial charge is 0.455 e. The third-order valence-electron chi connectivity index (χ3n) is 9.91. The van der Waals surface area contributed by atoms with Gasteiger partial charge in [-0.05, 0) is 121 Å². The van der Waals surface area contributed by atoms with Crippen molar-refractivity contribution in [2.75, 3.05) is 10.2 Å². The summed E-state index contributed by atoms with van der Waals surface area (Å²) < 4.78 is 20.4. The average molecular weight is 658 g/mol. The van der Waals surface area contributed by atoms with Crippen molar-refractivity contribution in [3.8, 4) is 5.75 Å². The number of benzene rings is 3. The lowest BCUT2D eigenvalue weighted by atomic mass is 9.58. The summed E-state index contributed by atoms with van der Waals surface area (Å²) in [6.07, 6.45) is 5.42. The number of fused-ring (bicyclic) bond motifs is 3. The first-order valence-electron chi connectivity index (χ1n) is 16.8. The number of hydrogen-bond donors (Lipinski definition) is 3. The van der Waals surface area contributed by atoms with Crippen LogP contribution in [0.15, 0.2) is 108 Å². The number of imide groups is 1. The maximum Gasteiger partial charge on any atom is 0.455 e. The number of carbonyl (C=O) groups is 2. The van der Waals surface area contributed by atoms with Crippen molar-refractivity contribution >= 4 is 47.6 Å². The molecule has 0 saturated carbocycles. The summed E-state index contributed by atoms with van der Waals surface area (Å²) in [5.41, 5.74) is 6.54. The van der Waals surface area contributed by atoms with Crippen LogP contribution >= 0.6 is 0 Å². The molecule has 0 radical (unpaired) electrons. The predicted molar refractivity (Wildman–Crippen MR) is 188 cm³/mol. The number of rotatable bonds is 9. The Bertz CT molecular complexity index is 1920. The van der Waals surface area contributed by atoms with E-state index in [1.54, 1.807) is 24.4 Å². The quantitative estimate of drug-likeness (QED) is 0.0977. The fourth-order valence-corrected chi connectivity index (χ4v) is 7.67. The van der Waals surface area contributed by atoms with E-state index in [2.05, 4.69) is 17.2 Å². The van der Waals surface area contributed by atoms with Gasteiger partial charge in [-0.3, -0.25) is 19.5 Å². The number of aromatic nitrogens is 1. The molecule has 10 heteroatoms. The molecule has 4 atom stereocenters. The van der Waals surface area contributed by atoms with Gasteiger partial charge in [0.2, 0.25) is 11.8 Å². The Hall–Kier alpha value is -5.06. The highest BCUT2D eigenvalue weighted by Gasteiger charge is 2.57. The van der Waals surface area contributed by atoms with Crippen LogP contribution in [0.1, 0.15) is 43.9 Å². The predicted octanol–water partition coefficient (Wildman–Crippen LogP) is 7.40. The Morgan fingerprint density at radius 3 is 2.47 bits per heavy atom. The Kier molecular flexibility index (Phi) is 9.16. The molecule has 3 N–H and O–H groups in total. The highest BCUT2D eigenvalue weighted by atomic mass is 19.1. The second-order valence-electron chi connectivity index (χ2n) is 12.9. The van der Waals surface area contributed by atoms with Crippen LogP contribution in [0.2, 0.25) is 6.32 Å². The third-order valence-corrected chi connectivity index (χ3v) is 9.91. The van der Waals surface area contributed by atoms with E-state index >= 15 is 0 Å². The molecule has 248 valence electrons. The van der Waals surface area contributed by atoms with Crippen LogP contribution in [0.3, 0.4) is 0 Å². The Morgan fingerprint density at radius 1 is 1.00 bits per heavy atom. The lowest BCUT2D eigenvalue weighted by molar-refractivity contribution is -0.122. The van der Waals surface area contributed by atoms with E-state index in [1.165, 1.54) is 17.0 Å². The molecule has 4 aromatic rings. The van der Waals surface area contributed by atoms with Crippen LogP contribution in [-0.4, -0.2) is 40.2 Å². The molecule has 3 aliphatic rings. The van der Waals surface area contributed by atoms with Gasteiger partial charge in [-0.15, -0.1) is 0 Å². The zero-order valence-electron chi connectivity index (χ0n) is 27.1. The van der Waals surface area contributed by atoms with E-state index in [1.807, 2.05) is 66.7 Å². The van der Waals surface area contributed by atoms with Gasteiger partial charge >= 0.3 is 7.12 Å². The van der Waals surface area contributed by atoms with E-state index in [0.29, 0.717) is 36.9 Å².